The summed E-state index contributed by atoms with van der Waals surface area (Å²) >= 11 is 0. The number of aromatic nitrogens is 4. The Labute approximate surface area is 172 Å². The molecule has 0 saturated carbocycles. The van der Waals surface area contributed by atoms with Crippen molar-refractivity contribution in [3.05, 3.63) is 30.2 Å². The summed E-state index contributed by atoms with van der Waals surface area (Å²) in [6.07, 6.45) is -6.50. The van der Waals surface area contributed by atoms with Crippen molar-refractivity contribution in [2.45, 2.75) is 38.3 Å². The Morgan fingerprint density at radius 3 is 2.71 bits per heavy atom. The number of amides is 1. The number of rotatable bonds is 5. The average Bonchev–Trinajstić information content (AvgIpc) is 3.17. The van der Waals surface area contributed by atoms with Gasteiger partial charge < -0.3 is 14.6 Å². The first kappa shape index (κ1) is 22.1. The Hall–Kier alpha value is -3.55. The van der Waals surface area contributed by atoms with Gasteiger partial charge in [0.1, 0.15) is 0 Å². The van der Waals surface area contributed by atoms with Crippen molar-refractivity contribution >= 4 is 23.7 Å². The van der Waals surface area contributed by atoms with Gasteiger partial charge in [-0.2, -0.15) is 18.3 Å². The minimum atomic E-state index is -4.70. The summed E-state index contributed by atoms with van der Waals surface area (Å²) in [6, 6.07) is 2.08. The molecule has 14 heteroatoms. The van der Waals surface area contributed by atoms with Crippen molar-refractivity contribution in [2.75, 3.05) is 11.4 Å². The topological polar surface area (TPSA) is 137 Å². The minimum Gasteiger partial charge on any atom is -0.478 e. The quantitative estimate of drug-likeness (QED) is 0.666. The molecule has 1 fully saturated rings. The van der Waals surface area contributed by atoms with E-state index in [2.05, 4.69) is 15.3 Å². The summed E-state index contributed by atoms with van der Waals surface area (Å²) in [5.74, 6) is -3.29. The SMILES string of the molecule is CC(=O)OC(C(=O)O)[C@H]1O[C@@H](C)CN(c2ccn(-c3cnnc(C(F)(F)F)c3)n2)C1=O. The van der Waals surface area contributed by atoms with Crippen LogP contribution < -0.4 is 4.90 Å². The fourth-order valence-electron chi connectivity index (χ4n) is 2.90. The molecule has 3 atom stereocenters. The lowest BCUT2D eigenvalue weighted by atomic mass is 10.1. The maximum atomic E-state index is 12.9. The van der Waals surface area contributed by atoms with E-state index in [9.17, 15) is 32.7 Å². The Morgan fingerprint density at radius 2 is 2.10 bits per heavy atom. The molecule has 2 aromatic heterocycles. The van der Waals surface area contributed by atoms with Crippen LogP contribution in [0.5, 0.6) is 0 Å². The van der Waals surface area contributed by atoms with Gasteiger partial charge in [-0.1, -0.05) is 0 Å². The molecule has 1 aliphatic rings. The Morgan fingerprint density at radius 1 is 1.39 bits per heavy atom. The van der Waals surface area contributed by atoms with Crippen LogP contribution in [0.4, 0.5) is 19.0 Å². The van der Waals surface area contributed by atoms with Gasteiger partial charge in [-0.3, -0.25) is 14.5 Å². The Balaban J connectivity index is 1.89. The van der Waals surface area contributed by atoms with Crippen LogP contribution in [-0.4, -0.2) is 67.8 Å². The fourth-order valence-corrected chi connectivity index (χ4v) is 2.90. The van der Waals surface area contributed by atoms with Crippen molar-refractivity contribution < 1.29 is 42.1 Å². The van der Waals surface area contributed by atoms with Crippen LogP contribution in [0, 0.1) is 0 Å². The number of halogens is 3. The molecular weight excluding hydrogens is 427 g/mol. The first-order valence-corrected chi connectivity index (χ1v) is 8.80. The third-order valence-corrected chi connectivity index (χ3v) is 4.19. The van der Waals surface area contributed by atoms with E-state index in [4.69, 9.17) is 9.47 Å². The van der Waals surface area contributed by atoms with Gasteiger partial charge in [0, 0.05) is 19.2 Å². The monoisotopic (exact) mass is 443 g/mol. The largest absolute Gasteiger partial charge is 0.478 e. The number of esters is 1. The number of carbonyl (C=O) groups excluding carboxylic acids is 2. The molecule has 1 N–H and O–H groups in total. The minimum absolute atomic E-state index is 0.0127. The molecule has 1 unspecified atom stereocenters. The van der Waals surface area contributed by atoms with E-state index in [0.29, 0.717) is 0 Å². The number of morpholine rings is 1. The molecule has 1 saturated heterocycles. The van der Waals surface area contributed by atoms with Gasteiger partial charge in [-0.25, -0.2) is 9.48 Å². The Bertz CT molecular complexity index is 1010. The molecule has 1 aliphatic heterocycles. The molecule has 0 bridgehead atoms. The maximum absolute atomic E-state index is 12.9. The third kappa shape index (κ3) is 4.79. The molecule has 0 aromatic carbocycles. The van der Waals surface area contributed by atoms with Crippen molar-refractivity contribution in [2.24, 2.45) is 0 Å². The molecule has 3 rings (SSSR count). The van der Waals surface area contributed by atoms with Gasteiger partial charge in [-0.05, 0) is 13.0 Å². The molecule has 166 valence electrons. The van der Waals surface area contributed by atoms with E-state index in [-0.39, 0.29) is 18.1 Å². The zero-order chi connectivity index (χ0) is 22.9. The second-order valence-corrected chi connectivity index (χ2v) is 6.60. The number of anilines is 1. The van der Waals surface area contributed by atoms with Gasteiger partial charge in [0.05, 0.1) is 24.5 Å². The second kappa shape index (κ2) is 8.29. The van der Waals surface area contributed by atoms with Crippen LogP contribution in [-0.2, 0) is 30.0 Å². The fraction of sp³-hybridized carbons (Fsp3) is 0.412. The lowest BCUT2D eigenvalue weighted by molar-refractivity contribution is -0.181. The molecule has 11 nitrogen and oxygen atoms in total. The number of hydrogen-bond donors (Lipinski definition) is 1. The smallest absolute Gasteiger partial charge is 0.435 e. The number of hydrogen-bond acceptors (Lipinski definition) is 8. The zero-order valence-electron chi connectivity index (χ0n) is 16.1. The summed E-state index contributed by atoms with van der Waals surface area (Å²) < 4.78 is 49.8. The lowest BCUT2D eigenvalue weighted by Crippen LogP contribution is -2.58. The summed E-state index contributed by atoms with van der Waals surface area (Å²) in [5.41, 5.74) is -1.27. The third-order valence-electron chi connectivity index (χ3n) is 4.19. The highest BCUT2D eigenvalue weighted by molar-refractivity contribution is 6.00. The molecule has 31 heavy (non-hydrogen) atoms. The van der Waals surface area contributed by atoms with Crippen LogP contribution in [0.15, 0.2) is 24.5 Å². The number of carbonyl (C=O) groups is 3. The maximum Gasteiger partial charge on any atom is 0.435 e. The van der Waals surface area contributed by atoms with Crippen molar-refractivity contribution in [3.63, 3.8) is 0 Å². The highest BCUT2D eigenvalue weighted by Gasteiger charge is 2.45. The first-order chi connectivity index (χ1) is 14.5. The first-order valence-electron chi connectivity index (χ1n) is 8.80. The van der Waals surface area contributed by atoms with E-state index in [1.165, 1.54) is 12.3 Å². The van der Waals surface area contributed by atoms with Crippen LogP contribution in [0.2, 0.25) is 0 Å². The molecular formula is C17H16F3N5O6. The molecule has 0 radical (unpaired) electrons. The normalized spacial score (nSPS) is 20.4. The summed E-state index contributed by atoms with van der Waals surface area (Å²) in [5, 5.41) is 19.8. The molecule has 0 spiro atoms. The highest BCUT2D eigenvalue weighted by atomic mass is 19.4. The standard InChI is InChI=1S/C17H16F3N5O6/c1-8-7-24(15(27)13(30-8)14(16(28)29)31-9(2)26)12-3-4-25(23-12)10-5-11(17(18,19)20)22-21-6-10/h3-6,8,13-14H,7H2,1-2H3,(H,28,29)/t8-,13+,14?/m0/s1. The Kier molecular flexibility index (Phi) is 5.92. The number of carboxylic acid groups (broad SMARTS) is 1. The summed E-state index contributed by atoms with van der Waals surface area (Å²) in [7, 11) is 0. The van der Waals surface area contributed by atoms with Gasteiger partial charge in [-0.15, -0.1) is 10.2 Å². The van der Waals surface area contributed by atoms with Crippen LogP contribution in [0.3, 0.4) is 0 Å². The van der Waals surface area contributed by atoms with Crippen molar-refractivity contribution in [1.29, 1.82) is 0 Å². The average molecular weight is 443 g/mol. The number of carboxylic acids is 1. The highest BCUT2D eigenvalue weighted by Crippen LogP contribution is 2.28. The van der Waals surface area contributed by atoms with E-state index in [1.807, 2.05) is 0 Å². The van der Waals surface area contributed by atoms with E-state index < -0.39 is 48.0 Å². The van der Waals surface area contributed by atoms with Crippen molar-refractivity contribution in [1.82, 2.24) is 20.0 Å². The summed E-state index contributed by atoms with van der Waals surface area (Å²) in [6.45, 7) is 2.55. The van der Waals surface area contributed by atoms with Gasteiger partial charge in [0.15, 0.2) is 17.6 Å². The molecule has 2 aromatic rings. The van der Waals surface area contributed by atoms with Crippen LogP contribution in [0.25, 0.3) is 5.69 Å². The predicted octanol–water partition coefficient (Wildman–Crippen LogP) is 0.818. The van der Waals surface area contributed by atoms with Gasteiger partial charge >= 0.3 is 18.1 Å². The predicted molar refractivity (Wildman–Crippen MR) is 94.0 cm³/mol. The number of ether oxygens (including phenoxy) is 2. The van der Waals surface area contributed by atoms with E-state index >= 15 is 0 Å². The summed E-state index contributed by atoms with van der Waals surface area (Å²) in [4.78, 5) is 36.7. The van der Waals surface area contributed by atoms with Crippen LogP contribution in [0.1, 0.15) is 19.5 Å². The number of aliphatic carboxylic acids is 1. The number of nitrogens with zero attached hydrogens (tertiary/aromatic N) is 5. The number of alkyl halides is 3. The molecule has 3 heterocycles. The zero-order valence-corrected chi connectivity index (χ0v) is 16.1. The lowest BCUT2D eigenvalue weighted by Gasteiger charge is -2.36. The van der Waals surface area contributed by atoms with Gasteiger partial charge in [0.25, 0.3) is 5.91 Å². The van der Waals surface area contributed by atoms with E-state index in [1.54, 1.807) is 6.92 Å². The van der Waals surface area contributed by atoms with Gasteiger partial charge in [0.2, 0.25) is 6.10 Å². The van der Waals surface area contributed by atoms with E-state index in [0.717, 1.165) is 28.8 Å². The molecule has 0 aliphatic carbocycles. The van der Waals surface area contributed by atoms with Crippen LogP contribution >= 0.6 is 0 Å². The second-order valence-electron chi connectivity index (χ2n) is 6.60. The van der Waals surface area contributed by atoms with Crippen molar-refractivity contribution in [3.8, 4) is 5.69 Å². The molecule has 1 amide bonds.